The van der Waals surface area contributed by atoms with Crippen LogP contribution in [0.3, 0.4) is 0 Å². The van der Waals surface area contributed by atoms with E-state index in [0.717, 1.165) is 6.16 Å². The summed E-state index contributed by atoms with van der Waals surface area (Å²) in [6, 6.07) is 6.65. The van der Waals surface area contributed by atoms with Crippen molar-refractivity contribution in [1.29, 1.82) is 0 Å². The predicted octanol–water partition coefficient (Wildman–Crippen LogP) is 7.26. The molecule has 0 aromatic carbocycles. The summed E-state index contributed by atoms with van der Waals surface area (Å²) >= 11 is 0. The first-order chi connectivity index (χ1) is 12.4. The molecular weight excluding hydrogens is 483 g/mol. The Morgan fingerprint density at radius 3 is 1.55 bits per heavy atom. The van der Waals surface area contributed by atoms with Gasteiger partial charge in [-0.1, -0.05) is 17.9 Å². The zero-order valence-corrected chi connectivity index (χ0v) is 24.4. The van der Waals surface area contributed by atoms with Crippen molar-refractivity contribution in [3.63, 3.8) is 0 Å². The van der Waals surface area contributed by atoms with E-state index in [0.29, 0.717) is 20.6 Å². The molecule has 1 aromatic rings. The molecular formula is C23H44N2OP2Ru+2. The molecule has 0 N–H and O–H groups in total. The van der Waals surface area contributed by atoms with E-state index in [1.165, 1.54) is 11.4 Å². The quantitative estimate of drug-likeness (QED) is 0.235. The molecule has 0 aliphatic rings. The number of hydrogen-bond donors (Lipinski definition) is 0. The molecule has 2 radical (unpaired) electrons. The molecule has 6 heteroatoms. The van der Waals surface area contributed by atoms with E-state index in [-0.39, 0.29) is 19.5 Å². The largest absolute Gasteiger partial charge is 1.00 e. The van der Waals surface area contributed by atoms with Gasteiger partial charge in [-0.05, 0) is 91.0 Å². The third-order valence-corrected chi connectivity index (χ3v) is 13.1. The van der Waals surface area contributed by atoms with Crippen molar-refractivity contribution in [1.82, 2.24) is 10.6 Å². The van der Waals surface area contributed by atoms with Crippen LogP contribution in [-0.2, 0) is 25.6 Å². The van der Waals surface area contributed by atoms with Crippen molar-refractivity contribution in [3.8, 4) is 0 Å². The average Bonchev–Trinajstić information content (AvgIpc) is 2.48. The molecule has 3 nitrogen and oxygen atoms in total. The summed E-state index contributed by atoms with van der Waals surface area (Å²) in [5, 5.41) is 1.39. The van der Waals surface area contributed by atoms with Crippen molar-refractivity contribution in [2.45, 2.75) is 110 Å². The van der Waals surface area contributed by atoms with Crippen molar-refractivity contribution < 1.29 is 19.5 Å². The summed E-state index contributed by atoms with van der Waals surface area (Å²) in [6.45, 7) is 28.7. The van der Waals surface area contributed by atoms with Gasteiger partial charge in [0.05, 0.1) is 32.5 Å². The van der Waals surface area contributed by atoms with E-state index in [1.54, 1.807) is 0 Å². The van der Waals surface area contributed by atoms with Crippen molar-refractivity contribution >= 4 is 15.8 Å². The van der Waals surface area contributed by atoms with E-state index in [1.807, 2.05) is 0 Å². The molecule has 0 spiro atoms. The molecule has 168 valence electrons. The third kappa shape index (κ3) is 10.8. The molecule has 29 heavy (non-hydrogen) atoms. The zero-order chi connectivity index (χ0) is 22.6. The third-order valence-electron chi connectivity index (χ3n) is 4.91. The number of hydrogen-bond acceptors (Lipinski definition) is 2. The monoisotopic (exact) mass is 528 g/mol. The van der Waals surface area contributed by atoms with Crippen molar-refractivity contribution in [2.75, 3.05) is 0 Å². The van der Waals surface area contributed by atoms with E-state index in [9.17, 15) is 0 Å². The molecule has 1 rings (SSSR count). The van der Waals surface area contributed by atoms with Crippen LogP contribution in [-0.4, -0.2) is 25.6 Å². The van der Waals surface area contributed by atoms with Crippen LogP contribution in [0.15, 0.2) is 18.2 Å². The molecule has 0 aliphatic carbocycles. The Balaban J connectivity index is 0. The summed E-state index contributed by atoms with van der Waals surface area (Å²) in [5.74, 6) is 0. The first kappa shape index (κ1) is 31.3. The second-order valence-electron chi connectivity index (χ2n) is 11.8. The fourth-order valence-electron chi connectivity index (χ4n) is 4.22. The van der Waals surface area contributed by atoms with Gasteiger partial charge in [0.1, 0.15) is 5.59 Å². The Morgan fingerprint density at radius 2 is 1.21 bits per heavy atom. The van der Waals surface area contributed by atoms with E-state index < -0.39 is 15.8 Å². The van der Waals surface area contributed by atoms with Gasteiger partial charge in [0.2, 0.25) is 0 Å². The molecule has 0 unspecified atom stereocenters. The smallest absolute Gasteiger partial charge is 0.285 e. The van der Waals surface area contributed by atoms with E-state index >= 15 is 0 Å². The van der Waals surface area contributed by atoms with Crippen LogP contribution in [0.1, 0.15) is 94.5 Å². The van der Waals surface area contributed by atoms with E-state index in [4.69, 9.17) is 15.5 Å². The van der Waals surface area contributed by atoms with Crippen molar-refractivity contribution in [3.05, 3.63) is 40.7 Å². The standard InChI is InChI=1S/C23H43NP2.NO.Ru/c1-20(2,3)25(21(4,5)6)16-18-14-13-15-19(24-18)17-26(22(7,8)9)23(10,11)12;1-2;/h13-16,25H,17H2,1-12H3;;/q;;+1/p+1. The number of nitrogens with zero attached hydrogens (tertiary/aromatic N) is 2. The summed E-state index contributed by atoms with van der Waals surface area (Å²) in [4.78, 5) is 12.4. The van der Waals surface area contributed by atoms with Gasteiger partial charge in [-0.15, -0.1) is 11.0 Å². The van der Waals surface area contributed by atoms with E-state index in [2.05, 4.69) is 107 Å². The number of rotatable bonds is 4. The van der Waals surface area contributed by atoms with Crippen LogP contribution in [0.5, 0.6) is 0 Å². The average molecular weight is 528 g/mol. The van der Waals surface area contributed by atoms with Crippen LogP contribution in [0, 0.1) is 11.1 Å². The SMILES string of the molecule is CC(C)(C)[PH+]([CH-]c1cccc(C[PH+](C(C)(C)C)C(C)(C)C)n1)C(C)(C)C.[N]=O.[Ru+]. The predicted molar refractivity (Wildman–Crippen MR) is 132 cm³/mol. The van der Waals surface area contributed by atoms with Gasteiger partial charge >= 0.3 is 19.5 Å². The Bertz CT molecular complexity index is 534. The van der Waals surface area contributed by atoms with Crippen LogP contribution in [0.4, 0.5) is 0 Å². The molecule has 0 amide bonds. The van der Waals surface area contributed by atoms with Crippen LogP contribution in [0.2, 0.25) is 0 Å². The fourth-order valence-corrected chi connectivity index (χ4v) is 11.7. The van der Waals surface area contributed by atoms with Crippen LogP contribution < -0.4 is 5.59 Å². The van der Waals surface area contributed by atoms with Gasteiger partial charge in [-0.25, -0.2) is 0 Å². The summed E-state index contributed by atoms with van der Waals surface area (Å²) in [7, 11) is -1.30. The molecule has 0 aliphatic heterocycles. The maximum absolute atomic E-state index is 7.25. The minimum Gasteiger partial charge on any atom is -0.285 e. The molecule has 0 atom stereocenters. The number of pyridine rings is 1. The van der Waals surface area contributed by atoms with Gasteiger partial charge < -0.3 is 0 Å². The van der Waals surface area contributed by atoms with Gasteiger partial charge in [0.15, 0.2) is 0 Å². The molecule has 0 saturated heterocycles. The Morgan fingerprint density at radius 1 is 0.793 bits per heavy atom. The molecule has 0 saturated carbocycles. The topological polar surface area (TPSA) is 52.3 Å². The van der Waals surface area contributed by atoms with Crippen LogP contribution >= 0.6 is 15.8 Å². The second-order valence-corrected chi connectivity index (χ2v) is 20.2. The molecule has 1 heterocycles. The van der Waals surface area contributed by atoms with Gasteiger partial charge in [-0.2, -0.15) is 6.07 Å². The summed E-state index contributed by atoms with van der Waals surface area (Å²) < 4.78 is 0. The van der Waals surface area contributed by atoms with Gasteiger partial charge in [0, 0.05) is 7.92 Å². The Labute approximate surface area is 196 Å². The first-order valence-electron chi connectivity index (χ1n) is 10.2. The maximum atomic E-state index is 7.25. The minimum absolute atomic E-state index is 0. The first-order valence-corrected chi connectivity index (χ1v) is 13.4. The Hall–Kier alpha value is 0.103. The number of aromatic nitrogens is 1. The normalized spacial score (nSPS) is 12.9. The van der Waals surface area contributed by atoms with Crippen LogP contribution in [0.25, 0.3) is 0 Å². The maximum Gasteiger partial charge on any atom is 1.00 e. The summed E-state index contributed by atoms with van der Waals surface area (Å²) in [6.07, 6.45) is 3.65. The Kier molecular flexibility index (Phi) is 12.6. The fraction of sp³-hybridized carbons (Fsp3) is 0.739. The molecule has 1 aromatic heterocycles. The molecule has 0 bridgehead atoms. The van der Waals surface area contributed by atoms with Gasteiger partial charge in [0.25, 0.3) is 0 Å². The van der Waals surface area contributed by atoms with Crippen molar-refractivity contribution in [2.24, 2.45) is 0 Å². The molecule has 0 fully saturated rings. The number of nitroso groups, excluding NO2 is 1. The zero-order valence-electron chi connectivity index (χ0n) is 20.7. The minimum atomic E-state index is -0.708. The van der Waals surface area contributed by atoms with Gasteiger partial charge in [-0.3, -0.25) is 4.98 Å². The summed E-state index contributed by atoms with van der Waals surface area (Å²) in [5.41, 5.74) is 8.21. The second kappa shape index (κ2) is 11.6.